The fraction of sp³-hybridized carbons (Fsp3) is 0.200. The molecule has 0 saturated carbocycles. The van der Waals surface area contributed by atoms with Crippen LogP contribution in [0.15, 0.2) is 35.8 Å². The Morgan fingerprint density at radius 3 is 2.89 bits per heavy atom. The fourth-order valence-corrected chi connectivity index (χ4v) is 2.98. The molecule has 0 atom stereocenters. The van der Waals surface area contributed by atoms with E-state index in [-0.39, 0.29) is 0 Å². The van der Waals surface area contributed by atoms with Gasteiger partial charge in [-0.25, -0.2) is 4.98 Å². The molecule has 0 aliphatic carbocycles. The Balaban J connectivity index is 2.11. The Morgan fingerprint density at radius 2 is 2.11 bits per heavy atom. The van der Waals surface area contributed by atoms with Crippen molar-refractivity contribution in [1.82, 2.24) is 9.97 Å². The summed E-state index contributed by atoms with van der Waals surface area (Å²) in [4.78, 5) is 7.62. The molecule has 0 unspecified atom stereocenters. The summed E-state index contributed by atoms with van der Waals surface area (Å²) in [5, 5.41) is 12.5. The molecule has 3 aromatic rings. The third-order valence-electron chi connectivity index (χ3n) is 3.22. The summed E-state index contributed by atoms with van der Waals surface area (Å²) in [6, 6.07) is 10.6. The van der Waals surface area contributed by atoms with E-state index < -0.39 is 5.41 Å². The van der Waals surface area contributed by atoms with E-state index >= 15 is 0 Å². The van der Waals surface area contributed by atoms with E-state index in [1.807, 2.05) is 32.2 Å². The van der Waals surface area contributed by atoms with Crippen LogP contribution in [0.1, 0.15) is 19.7 Å². The normalized spacial score (nSPS) is 11.6. The van der Waals surface area contributed by atoms with Crippen LogP contribution >= 0.6 is 11.3 Å². The molecule has 3 rings (SSSR count). The number of benzene rings is 1. The van der Waals surface area contributed by atoms with Crippen LogP contribution in [0.5, 0.6) is 0 Å². The zero-order chi connectivity index (χ0) is 13.5. The van der Waals surface area contributed by atoms with Gasteiger partial charge in [0.15, 0.2) is 0 Å². The molecule has 1 aromatic carbocycles. The molecule has 0 saturated heterocycles. The number of aromatic amines is 1. The average molecular weight is 267 g/mol. The quantitative estimate of drug-likeness (QED) is 0.760. The van der Waals surface area contributed by atoms with Crippen LogP contribution < -0.4 is 0 Å². The number of nitrogens with one attached hydrogen (secondary N) is 1. The van der Waals surface area contributed by atoms with Crippen molar-refractivity contribution in [2.45, 2.75) is 19.3 Å². The van der Waals surface area contributed by atoms with Gasteiger partial charge in [0.2, 0.25) is 0 Å². The van der Waals surface area contributed by atoms with Gasteiger partial charge >= 0.3 is 0 Å². The van der Waals surface area contributed by atoms with Crippen molar-refractivity contribution in [1.29, 1.82) is 5.26 Å². The zero-order valence-corrected chi connectivity index (χ0v) is 11.6. The van der Waals surface area contributed by atoms with Crippen LogP contribution in [-0.2, 0) is 5.41 Å². The molecule has 19 heavy (non-hydrogen) atoms. The molecule has 0 aliphatic rings. The highest BCUT2D eigenvalue weighted by Crippen LogP contribution is 2.33. The van der Waals surface area contributed by atoms with E-state index in [2.05, 4.69) is 33.5 Å². The second kappa shape index (κ2) is 4.22. The molecule has 0 bridgehead atoms. The summed E-state index contributed by atoms with van der Waals surface area (Å²) in [6.07, 6.45) is 1.81. The molecule has 94 valence electrons. The van der Waals surface area contributed by atoms with Crippen molar-refractivity contribution in [2.75, 3.05) is 0 Å². The van der Waals surface area contributed by atoms with Crippen molar-refractivity contribution >= 4 is 21.4 Å². The Bertz CT molecular complexity index is 774. The molecule has 0 amide bonds. The van der Waals surface area contributed by atoms with E-state index in [1.54, 1.807) is 11.3 Å². The average Bonchev–Trinajstić information content (AvgIpc) is 3.05. The molecule has 2 aromatic heterocycles. The zero-order valence-electron chi connectivity index (χ0n) is 10.8. The predicted octanol–water partition coefficient (Wildman–Crippen LogP) is 4.09. The Hall–Kier alpha value is -2.12. The van der Waals surface area contributed by atoms with Crippen LogP contribution in [0.3, 0.4) is 0 Å². The molecule has 0 spiro atoms. The number of imidazole rings is 1. The monoisotopic (exact) mass is 267 g/mol. The summed E-state index contributed by atoms with van der Waals surface area (Å²) in [7, 11) is 0. The van der Waals surface area contributed by atoms with Crippen molar-refractivity contribution in [3.05, 3.63) is 41.7 Å². The lowest BCUT2D eigenvalue weighted by Crippen LogP contribution is -2.15. The minimum atomic E-state index is -0.593. The fourth-order valence-electron chi connectivity index (χ4n) is 2.02. The maximum absolute atomic E-state index is 9.15. The Labute approximate surface area is 115 Å². The highest BCUT2D eigenvalue weighted by molar-refractivity contribution is 7.17. The van der Waals surface area contributed by atoms with Crippen LogP contribution in [0.2, 0.25) is 0 Å². The van der Waals surface area contributed by atoms with Crippen molar-refractivity contribution in [2.24, 2.45) is 0 Å². The first-order chi connectivity index (χ1) is 9.12. The molecule has 0 radical (unpaired) electrons. The standard InChI is InChI=1S/C15H13N3S/c1-15(2,9-16)14-17-7-12(18-14)11-8-19-13-6-4-3-5-10(11)13/h3-8H,1-2H3,(H,17,18). The van der Waals surface area contributed by atoms with Gasteiger partial charge in [-0.15, -0.1) is 11.3 Å². The highest BCUT2D eigenvalue weighted by Gasteiger charge is 2.23. The van der Waals surface area contributed by atoms with Gasteiger partial charge in [-0.3, -0.25) is 0 Å². The summed E-state index contributed by atoms with van der Waals surface area (Å²) in [6.45, 7) is 3.72. The summed E-state index contributed by atoms with van der Waals surface area (Å²) in [5.74, 6) is 0.709. The van der Waals surface area contributed by atoms with Gasteiger partial charge < -0.3 is 4.98 Å². The van der Waals surface area contributed by atoms with E-state index in [0.717, 1.165) is 11.3 Å². The largest absolute Gasteiger partial charge is 0.341 e. The smallest absolute Gasteiger partial charge is 0.126 e. The number of nitrogens with zero attached hydrogens (tertiary/aromatic N) is 2. The molecule has 0 aliphatic heterocycles. The van der Waals surface area contributed by atoms with Crippen LogP contribution in [0.4, 0.5) is 0 Å². The molecular formula is C15H13N3S. The lowest BCUT2D eigenvalue weighted by Gasteiger charge is -2.10. The van der Waals surface area contributed by atoms with Gasteiger partial charge in [0.25, 0.3) is 0 Å². The number of H-pyrrole nitrogens is 1. The van der Waals surface area contributed by atoms with Crippen LogP contribution in [0, 0.1) is 11.3 Å². The minimum Gasteiger partial charge on any atom is -0.341 e. The van der Waals surface area contributed by atoms with Gasteiger partial charge in [0.1, 0.15) is 11.2 Å². The van der Waals surface area contributed by atoms with Crippen molar-refractivity contribution in [3.63, 3.8) is 0 Å². The topological polar surface area (TPSA) is 52.5 Å². The van der Waals surface area contributed by atoms with E-state index in [9.17, 15) is 0 Å². The number of thiophene rings is 1. The lowest BCUT2D eigenvalue weighted by atomic mass is 9.95. The summed E-state index contributed by atoms with van der Waals surface area (Å²) in [5.41, 5.74) is 1.52. The Morgan fingerprint density at radius 1 is 1.32 bits per heavy atom. The molecule has 2 heterocycles. The second-order valence-corrected chi connectivity index (χ2v) is 5.94. The van der Waals surface area contributed by atoms with Gasteiger partial charge in [-0.2, -0.15) is 5.26 Å². The van der Waals surface area contributed by atoms with Crippen LogP contribution in [0.25, 0.3) is 21.3 Å². The first-order valence-electron chi connectivity index (χ1n) is 6.05. The van der Waals surface area contributed by atoms with E-state index in [0.29, 0.717) is 5.82 Å². The van der Waals surface area contributed by atoms with Gasteiger partial charge in [0.05, 0.1) is 18.0 Å². The number of aromatic nitrogens is 2. The number of hydrogen-bond acceptors (Lipinski definition) is 3. The Kier molecular flexibility index (Phi) is 2.65. The third-order valence-corrected chi connectivity index (χ3v) is 4.18. The summed E-state index contributed by atoms with van der Waals surface area (Å²) >= 11 is 1.72. The second-order valence-electron chi connectivity index (χ2n) is 5.03. The molecular weight excluding hydrogens is 254 g/mol. The SMILES string of the molecule is CC(C)(C#N)c1ncc(-c2csc3ccccc23)[nH]1. The molecule has 3 nitrogen and oxygen atoms in total. The maximum Gasteiger partial charge on any atom is 0.126 e. The van der Waals surface area contributed by atoms with Crippen molar-refractivity contribution < 1.29 is 0 Å². The van der Waals surface area contributed by atoms with Gasteiger partial charge in [-0.05, 0) is 19.9 Å². The first kappa shape index (κ1) is 11.9. The number of rotatable bonds is 2. The maximum atomic E-state index is 9.15. The van der Waals surface area contributed by atoms with Gasteiger partial charge in [-0.1, -0.05) is 18.2 Å². The van der Waals surface area contributed by atoms with Crippen LogP contribution in [-0.4, -0.2) is 9.97 Å². The minimum absolute atomic E-state index is 0.593. The number of fused-ring (bicyclic) bond motifs is 1. The third kappa shape index (κ3) is 1.92. The first-order valence-corrected chi connectivity index (χ1v) is 6.93. The lowest BCUT2D eigenvalue weighted by molar-refractivity contribution is 0.640. The molecule has 0 fully saturated rings. The van der Waals surface area contributed by atoms with Crippen molar-refractivity contribution in [3.8, 4) is 17.3 Å². The van der Waals surface area contributed by atoms with E-state index in [1.165, 1.54) is 10.1 Å². The highest BCUT2D eigenvalue weighted by atomic mass is 32.1. The summed E-state index contributed by atoms with van der Waals surface area (Å²) < 4.78 is 1.26. The predicted molar refractivity (Wildman–Crippen MR) is 78.0 cm³/mol. The number of nitriles is 1. The molecule has 4 heteroatoms. The van der Waals surface area contributed by atoms with Gasteiger partial charge in [0, 0.05) is 21.0 Å². The van der Waals surface area contributed by atoms with E-state index in [4.69, 9.17) is 5.26 Å². The molecule has 1 N–H and O–H groups in total. The number of hydrogen-bond donors (Lipinski definition) is 1.